The second kappa shape index (κ2) is 6.97. The van der Waals surface area contributed by atoms with Crippen LogP contribution in [0.2, 0.25) is 0 Å². The molecule has 4 rings (SSSR count). The van der Waals surface area contributed by atoms with Crippen molar-refractivity contribution in [3.63, 3.8) is 0 Å². The molecular formula is C19H21FN4O4. The quantitative estimate of drug-likeness (QED) is 0.726. The highest BCUT2D eigenvalue weighted by Gasteiger charge is 2.45. The van der Waals surface area contributed by atoms with Crippen LogP contribution in [0.3, 0.4) is 0 Å². The molecule has 4 amide bonds. The molecule has 0 bridgehead atoms. The number of halogens is 1. The van der Waals surface area contributed by atoms with Crippen LogP contribution in [0.1, 0.15) is 46.4 Å². The second-order valence-corrected chi connectivity index (χ2v) is 7.47. The van der Waals surface area contributed by atoms with E-state index in [1.807, 2.05) is 0 Å². The number of anilines is 1. The van der Waals surface area contributed by atoms with Crippen LogP contribution in [-0.2, 0) is 9.59 Å². The smallest absolute Gasteiger partial charge is 0.262 e. The molecule has 2 atom stereocenters. The van der Waals surface area contributed by atoms with Gasteiger partial charge in [0.05, 0.1) is 16.8 Å². The number of carbonyl (C=O) groups excluding carboxylic acids is 4. The first-order valence-corrected chi connectivity index (χ1v) is 9.36. The van der Waals surface area contributed by atoms with Gasteiger partial charge in [-0.05, 0) is 37.9 Å². The Hall–Kier alpha value is -2.81. The largest absolute Gasteiger partial charge is 0.371 e. The van der Waals surface area contributed by atoms with E-state index < -0.39 is 35.5 Å². The Balaban J connectivity index is 1.61. The number of hydrogen-bond donors (Lipinski definition) is 2. The molecule has 3 aliphatic heterocycles. The van der Waals surface area contributed by atoms with Crippen LogP contribution in [0, 0.1) is 5.82 Å². The summed E-state index contributed by atoms with van der Waals surface area (Å²) in [6.07, 6.45) is 2.18. The van der Waals surface area contributed by atoms with Crippen molar-refractivity contribution in [2.45, 2.75) is 37.8 Å². The number of fused-ring (bicyclic) bond motifs is 1. The zero-order valence-corrected chi connectivity index (χ0v) is 15.5. The molecule has 3 heterocycles. The molecule has 2 fully saturated rings. The Morgan fingerprint density at radius 3 is 2.50 bits per heavy atom. The van der Waals surface area contributed by atoms with E-state index in [-0.39, 0.29) is 35.7 Å². The van der Waals surface area contributed by atoms with Gasteiger partial charge in [-0.3, -0.25) is 29.4 Å². The molecule has 28 heavy (non-hydrogen) atoms. The van der Waals surface area contributed by atoms with Crippen molar-refractivity contribution in [3.8, 4) is 0 Å². The number of piperidine rings is 1. The minimum Gasteiger partial charge on any atom is -0.371 e. The number of hydrogen-bond acceptors (Lipinski definition) is 6. The summed E-state index contributed by atoms with van der Waals surface area (Å²) in [6, 6.07) is 1.63. The van der Waals surface area contributed by atoms with E-state index in [4.69, 9.17) is 0 Å². The summed E-state index contributed by atoms with van der Waals surface area (Å²) in [5.41, 5.74) is 0.263. The molecule has 0 aliphatic carbocycles. The summed E-state index contributed by atoms with van der Waals surface area (Å²) < 4.78 is 14.7. The Labute approximate surface area is 161 Å². The van der Waals surface area contributed by atoms with Gasteiger partial charge in [0, 0.05) is 26.1 Å². The summed E-state index contributed by atoms with van der Waals surface area (Å²) in [5.74, 6) is -3.06. The molecular weight excluding hydrogens is 367 g/mol. The SMILES string of the molecule is CN(C[C@@H]1CCCN1)c1cc2c(cc1F)C(=O)N(C1CCC(=O)NC1=O)C2=O. The third-order valence-electron chi connectivity index (χ3n) is 5.58. The predicted molar refractivity (Wildman–Crippen MR) is 97.4 cm³/mol. The fraction of sp³-hybridized carbons (Fsp3) is 0.474. The van der Waals surface area contributed by atoms with Crippen molar-refractivity contribution >= 4 is 29.3 Å². The number of nitrogens with one attached hydrogen (secondary N) is 2. The van der Waals surface area contributed by atoms with E-state index in [1.54, 1.807) is 11.9 Å². The highest BCUT2D eigenvalue weighted by atomic mass is 19.1. The normalized spacial score (nSPS) is 24.6. The van der Waals surface area contributed by atoms with Gasteiger partial charge in [0.1, 0.15) is 11.9 Å². The van der Waals surface area contributed by atoms with Crippen molar-refractivity contribution in [1.82, 2.24) is 15.5 Å². The lowest BCUT2D eigenvalue weighted by Crippen LogP contribution is -2.54. The molecule has 8 nitrogen and oxygen atoms in total. The molecule has 0 saturated carbocycles. The lowest BCUT2D eigenvalue weighted by Gasteiger charge is -2.27. The summed E-state index contributed by atoms with van der Waals surface area (Å²) in [4.78, 5) is 51.6. The standard InChI is InChI=1S/C19H21FN4O4/c1-23(9-10-3-2-6-21-10)15-8-12-11(7-13(15)20)18(27)24(19(12)28)14-4-5-16(25)22-17(14)26/h7-8,10,14,21H,2-6,9H2,1H3,(H,22,25,26)/t10-,14?/m0/s1. The molecule has 2 saturated heterocycles. The van der Waals surface area contributed by atoms with Crippen LogP contribution < -0.4 is 15.5 Å². The molecule has 0 aromatic heterocycles. The molecule has 1 aromatic rings. The Morgan fingerprint density at radius 2 is 1.86 bits per heavy atom. The fourth-order valence-electron chi connectivity index (χ4n) is 4.11. The molecule has 1 aromatic carbocycles. The molecule has 3 aliphatic rings. The summed E-state index contributed by atoms with van der Waals surface area (Å²) >= 11 is 0. The summed E-state index contributed by atoms with van der Waals surface area (Å²) in [5, 5.41) is 5.48. The Kier molecular flexibility index (Phi) is 4.62. The fourth-order valence-corrected chi connectivity index (χ4v) is 4.11. The lowest BCUT2D eigenvalue weighted by atomic mass is 10.0. The zero-order valence-electron chi connectivity index (χ0n) is 15.5. The van der Waals surface area contributed by atoms with Gasteiger partial charge < -0.3 is 10.2 Å². The second-order valence-electron chi connectivity index (χ2n) is 7.47. The van der Waals surface area contributed by atoms with Gasteiger partial charge in [0.2, 0.25) is 11.8 Å². The van der Waals surface area contributed by atoms with Crippen molar-refractivity contribution in [1.29, 1.82) is 0 Å². The molecule has 9 heteroatoms. The van der Waals surface area contributed by atoms with E-state index in [2.05, 4.69) is 10.6 Å². The van der Waals surface area contributed by atoms with Gasteiger partial charge in [-0.25, -0.2) is 4.39 Å². The Morgan fingerprint density at radius 1 is 1.14 bits per heavy atom. The molecule has 0 spiro atoms. The van der Waals surface area contributed by atoms with Crippen LogP contribution in [0.5, 0.6) is 0 Å². The topological polar surface area (TPSA) is 98.8 Å². The van der Waals surface area contributed by atoms with Gasteiger partial charge >= 0.3 is 0 Å². The van der Waals surface area contributed by atoms with Crippen molar-refractivity contribution < 1.29 is 23.6 Å². The van der Waals surface area contributed by atoms with Crippen LogP contribution in [-0.4, -0.2) is 60.7 Å². The number of nitrogens with zero attached hydrogens (tertiary/aromatic N) is 2. The number of rotatable bonds is 4. The Bertz CT molecular complexity index is 881. The average molecular weight is 388 g/mol. The average Bonchev–Trinajstić information content (AvgIpc) is 3.23. The van der Waals surface area contributed by atoms with Gasteiger partial charge in [-0.1, -0.05) is 0 Å². The molecule has 1 unspecified atom stereocenters. The maximum atomic E-state index is 14.7. The number of likely N-dealkylation sites (N-methyl/N-ethyl adjacent to an activating group) is 1. The zero-order chi connectivity index (χ0) is 20.0. The van der Waals surface area contributed by atoms with E-state index in [1.165, 1.54) is 6.07 Å². The first kappa shape index (κ1) is 18.5. The van der Waals surface area contributed by atoms with Crippen LogP contribution in [0.15, 0.2) is 12.1 Å². The van der Waals surface area contributed by atoms with Gasteiger partial charge in [-0.2, -0.15) is 0 Å². The first-order valence-electron chi connectivity index (χ1n) is 9.36. The van der Waals surface area contributed by atoms with E-state index in [0.29, 0.717) is 6.54 Å². The highest BCUT2D eigenvalue weighted by molar-refractivity contribution is 6.23. The first-order chi connectivity index (χ1) is 13.4. The number of amides is 4. The van der Waals surface area contributed by atoms with Crippen LogP contribution in [0.25, 0.3) is 0 Å². The van der Waals surface area contributed by atoms with Crippen LogP contribution >= 0.6 is 0 Å². The number of carbonyl (C=O) groups is 4. The maximum Gasteiger partial charge on any atom is 0.262 e. The predicted octanol–water partition coefficient (Wildman–Crippen LogP) is 0.415. The molecule has 0 radical (unpaired) electrons. The van der Waals surface area contributed by atoms with Gasteiger partial charge in [0.15, 0.2) is 0 Å². The highest BCUT2D eigenvalue weighted by Crippen LogP contribution is 2.32. The van der Waals surface area contributed by atoms with E-state index in [0.717, 1.165) is 30.4 Å². The molecule has 148 valence electrons. The van der Waals surface area contributed by atoms with E-state index in [9.17, 15) is 23.6 Å². The minimum absolute atomic E-state index is 0.0422. The van der Waals surface area contributed by atoms with Crippen molar-refractivity contribution in [2.24, 2.45) is 0 Å². The number of benzene rings is 1. The summed E-state index contributed by atoms with van der Waals surface area (Å²) in [6.45, 7) is 1.51. The third kappa shape index (κ3) is 3.05. The number of imide groups is 2. The van der Waals surface area contributed by atoms with Gasteiger partial charge in [0.25, 0.3) is 11.8 Å². The van der Waals surface area contributed by atoms with Crippen molar-refractivity contribution in [3.05, 3.63) is 29.1 Å². The molecule has 2 N–H and O–H groups in total. The lowest BCUT2D eigenvalue weighted by molar-refractivity contribution is -0.136. The van der Waals surface area contributed by atoms with Gasteiger partial charge in [-0.15, -0.1) is 0 Å². The minimum atomic E-state index is -1.06. The monoisotopic (exact) mass is 388 g/mol. The van der Waals surface area contributed by atoms with Crippen molar-refractivity contribution in [2.75, 3.05) is 25.0 Å². The third-order valence-corrected chi connectivity index (χ3v) is 5.58. The maximum absolute atomic E-state index is 14.7. The van der Waals surface area contributed by atoms with E-state index >= 15 is 0 Å². The van der Waals surface area contributed by atoms with Crippen LogP contribution in [0.4, 0.5) is 10.1 Å². The summed E-state index contributed by atoms with van der Waals surface area (Å²) in [7, 11) is 1.74.